The van der Waals surface area contributed by atoms with Gasteiger partial charge in [0.25, 0.3) is 0 Å². The molecule has 8 heteroatoms. The predicted molar refractivity (Wildman–Crippen MR) is 44.2 cm³/mol. The third-order valence-corrected chi connectivity index (χ3v) is 1.68. The largest absolute Gasteiger partial charge is 0.480 e. The topological polar surface area (TPSA) is 124 Å². The van der Waals surface area contributed by atoms with Crippen molar-refractivity contribution < 1.29 is 15.0 Å². The van der Waals surface area contributed by atoms with Gasteiger partial charge >= 0.3 is 5.97 Å². The third-order valence-electron chi connectivity index (χ3n) is 1.68. The molecule has 2 rings (SSSR count). The Morgan fingerprint density at radius 3 is 2.57 bits per heavy atom. The number of nitrogens with one attached hydrogen (secondary N) is 2. The van der Waals surface area contributed by atoms with Crippen molar-refractivity contribution in [2.24, 2.45) is 0 Å². The number of aromatic amines is 1. The number of hydrogen-bond donors (Lipinski definition) is 4. The highest BCUT2D eigenvalue weighted by Crippen LogP contribution is 2.05. The number of carboxylic acids is 1. The minimum atomic E-state index is -0.883. The van der Waals surface area contributed by atoms with Gasteiger partial charge in [-0.1, -0.05) is 0 Å². The summed E-state index contributed by atoms with van der Waals surface area (Å²) >= 11 is 0. The van der Waals surface area contributed by atoms with Crippen LogP contribution in [0.1, 0.15) is 6.42 Å². The monoisotopic (exact) mass is 201 g/mol. The smallest absolute Gasteiger partial charge is 0.320 e. The molecule has 2 heterocycles. The average Bonchev–Trinajstić information content (AvgIpc) is 2.74. The van der Waals surface area contributed by atoms with Gasteiger partial charge in [-0.15, -0.1) is 5.10 Å². The molecule has 1 aliphatic rings. The SMILES string of the molecule is O=C(O)[C@@H]1CC(O)CN1.c1nnn[nH]1. The molecule has 14 heavy (non-hydrogen) atoms. The summed E-state index contributed by atoms with van der Waals surface area (Å²) in [6.45, 7) is 0.400. The number of aromatic nitrogens is 4. The van der Waals surface area contributed by atoms with Crippen LogP contribution >= 0.6 is 0 Å². The zero-order valence-corrected chi connectivity index (χ0v) is 7.29. The first kappa shape index (κ1) is 10.5. The van der Waals surface area contributed by atoms with Gasteiger partial charge in [0.05, 0.1) is 6.10 Å². The summed E-state index contributed by atoms with van der Waals surface area (Å²) in [6, 6.07) is -0.542. The number of carbonyl (C=O) groups is 1. The fraction of sp³-hybridized carbons (Fsp3) is 0.667. The molecular weight excluding hydrogens is 190 g/mol. The van der Waals surface area contributed by atoms with Crippen molar-refractivity contribution in [2.75, 3.05) is 6.54 Å². The number of hydrogen-bond acceptors (Lipinski definition) is 6. The van der Waals surface area contributed by atoms with Crippen molar-refractivity contribution in [3.05, 3.63) is 6.33 Å². The molecule has 1 unspecified atom stereocenters. The van der Waals surface area contributed by atoms with Gasteiger partial charge in [0, 0.05) is 13.0 Å². The molecule has 2 atom stereocenters. The molecule has 1 fully saturated rings. The van der Waals surface area contributed by atoms with Crippen molar-refractivity contribution in [2.45, 2.75) is 18.6 Å². The molecule has 1 aromatic heterocycles. The number of aliphatic carboxylic acids is 1. The normalized spacial score (nSPS) is 25.2. The van der Waals surface area contributed by atoms with Crippen LogP contribution in [0.25, 0.3) is 0 Å². The van der Waals surface area contributed by atoms with Crippen molar-refractivity contribution in [3.63, 3.8) is 0 Å². The van der Waals surface area contributed by atoms with E-state index in [9.17, 15) is 4.79 Å². The zero-order chi connectivity index (χ0) is 10.4. The second kappa shape index (κ2) is 5.25. The first-order valence-electron chi connectivity index (χ1n) is 4.01. The Hall–Kier alpha value is -1.54. The molecular formula is C6H11N5O3. The van der Waals surface area contributed by atoms with Crippen molar-refractivity contribution >= 4 is 5.97 Å². The number of nitrogens with zero attached hydrogens (tertiary/aromatic N) is 3. The molecule has 0 aromatic carbocycles. The Morgan fingerprint density at radius 1 is 1.57 bits per heavy atom. The molecule has 0 saturated carbocycles. The Morgan fingerprint density at radius 2 is 2.36 bits per heavy atom. The van der Waals surface area contributed by atoms with Gasteiger partial charge in [-0.25, -0.2) is 5.10 Å². The Balaban J connectivity index is 0.000000165. The summed E-state index contributed by atoms with van der Waals surface area (Å²) in [5.74, 6) is -0.883. The van der Waals surface area contributed by atoms with E-state index >= 15 is 0 Å². The molecule has 0 radical (unpaired) electrons. The first-order chi connectivity index (χ1) is 6.70. The molecule has 78 valence electrons. The van der Waals surface area contributed by atoms with E-state index in [1.165, 1.54) is 6.33 Å². The van der Waals surface area contributed by atoms with E-state index in [0.717, 1.165) is 0 Å². The van der Waals surface area contributed by atoms with E-state index in [1.807, 2.05) is 0 Å². The molecule has 1 aliphatic heterocycles. The van der Waals surface area contributed by atoms with E-state index in [4.69, 9.17) is 10.2 Å². The summed E-state index contributed by atoms with van der Waals surface area (Å²) in [6.07, 6.45) is 1.25. The van der Waals surface area contributed by atoms with E-state index in [0.29, 0.717) is 13.0 Å². The summed E-state index contributed by atoms with van der Waals surface area (Å²) in [7, 11) is 0. The number of tetrazole rings is 1. The van der Waals surface area contributed by atoms with Gasteiger partial charge < -0.3 is 15.5 Å². The summed E-state index contributed by atoms with van der Waals surface area (Å²) in [5, 5.41) is 31.9. The Kier molecular flexibility index (Phi) is 3.95. The van der Waals surface area contributed by atoms with Crippen LogP contribution in [-0.4, -0.2) is 55.5 Å². The number of rotatable bonds is 1. The predicted octanol–water partition coefficient (Wildman–Crippen LogP) is -2.01. The lowest BCUT2D eigenvalue weighted by Gasteiger charge is -1.99. The lowest BCUT2D eigenvalue weighted by Crippen LogP contribution is -2.29. The number of aliphatic hydroxyl groups excluding tert-OH is 1. The van der Waals surface area contributed by atoms with Crippen LogP contribution in [0, 0.1) is 0 Å². The minimum absolute atomic E-state index is 0.329. The molecule has 0 aliphatic carbocycles. The Bertz CT molecular complexity index is 247. The van der Waals surface area contributed by atoms with E-state index in [2.05, 4.69) is 25.9 Å². The summed E-state index contributed by atoms with van der Waals surface area (Å²) in [5.41, 5.74) is 0. The van der Waals surface area contributed by atoms with E-state index < -0.39 is 18.1 Å². The van der Waals surface area contributed by atoms with Crippen molar-refractivity contribution in [3.8, 4) is 0 Å². The molecule has 8 nitrogen and oxygen atoms in total. The summed E-state index contributed by atoms with van der Waals surface area (Å²) in [4.78, 5) is 10.2. The number of H-pyrrole nitrogens is 1. The fourth-order valence-corrected chi connectivity index (χ4v) is 1.03. The van der Waals surface area contributed by atoms with Crippen LogP contribution in [0.4, 0.5) is 0 Å². The van der Waals surface area contributed by atoms with Crippen LogP contribution in [0.5, 0.6) is 0 Å². The lowest BCUT2D eigenvalue weighted by atomic mass is 10.2. The molecule has 1 saturated heterocycles. The second-order valence-electron chi connectivity index (χ2n) is 2.75. The molecule has 0 spiro atoms. The maximum Gasteiger partial charge on any atom is 0.320 e. The zero-order valence-electron chi connectivity index (χ0n) is 7.29. The van der Waals surface area contributed by atoms with Crippen molar-refractivity contribution in [1.82, 2.24) is 25.9 Å². The van der Waals surface area contributed by atoms with Crippen LogP contribution < -0.4 is 5.32 Å². The first-order valence-corrected chi connectivity index (χ1v) is 4.01. The highest BCUT2D eigenvalue weighted by molar-refractivity contribution is 5.73. The maximum absolute atomic E-state index is 10.2. The number of carboxylic acid groups (broad SMARTS) is 1. The molecule has 1 aromatic rings. The maximum atomic E-state index is 10.2. The van der Waals surface area contributed by atoms with E-state index in [1.54, 1.807) is 0 Å². The van der Waals surface area contributed by atoms with Crippen LogP contribution in [0.15, 0.2) is 6.33 Å². The van der Waals surface area contributed by atoms with Crippen LogP contribution in [0.3, 0.4) is 0 Å². The third kappa shape index (κ3) is 3.46. The standard InChI is InChI=1S/C5H9NO3.CH2N4/c7-3-1-4(5(8)9)6-2-3;1-2-4-5-3-1/h3-4,6-7H,1-2H2,(H,8,9);1H,(H,2,3,4,5)/t3?,4-;/m0./s1. The number of aliphatic hydroxyl groups is 1. The van der Waals surface area contributed by atoms with Gasteiger partial charge in [0.1, 0.15) is 12.4 Å². The summed E-state index contributed by atoms with van der Waals surface area (Å²) < 4.78 is 0. The van der Waals surface area contributed by atoms with Gasteiger partial charge in [-0.2, -0.15) is 0 Å². The minimum Gasteiger partial charge on any atom is -0.480 e. The van der Waals surface area contributed by atoms with Gasteiger partial charge in [-0.05, 0) is 10.4 Å². The molecule has 4 N–H and O–H groups in total. The second-order valence-corrected chi connectivity index (χ2v) is 2.75. The Labute approximate surface area is 79.3 Å². The molecule has 0 amide bonds. The van der Waals surface area contributed by atoms with Gasteiger partial charge in [0.15, 0.2) is 0 Å². The van der Waals surface area contributed by atoms with Crippen LogP contribution in [0.2, 0.25) is 0 Å². The average molecular weight is 201 g/mol. The highest BCUT2D eigenvalue weighted by atomic mass is 16.4. The lowest BCUT2D eigenvalue weighted by molar-refractivity contribution is -0.139. The highest BCUT2D eigenvalue weighted by Gasteiger charge is 2.27. The fourth-order valence-electron chi connectivity index (χ4n) is 1.03. The molecule has 0 bridgehead atoms. The van der Waals surface area contributed by atoms with Crippen LogP contribution in [-0.2, 0) is 4.79 Å². The number of β-amino-alcohol motifs (C(OH)–C–C–N with tert-alkyl or cyclic N) is 1. The van der Waals surface area contributed by atoms with Gasteiger partial charge in [0.2, 0.25) is 0 Å². The quantitative estimate of drug-likeness (QED) is 0.414. The van der Waals surface area contributed by atoms with Crippen molar-refractivity contribution in [1.29, 1.82) is 0 Å². The van der Waals surface area contributed by atoms with Gasteiger partial charge in [-0.3, -0.25) is 4.79 Å². The van der Waals surface area contributed by atoms with E-state index in [-0.39, 0.29) is 0 Å².